The van der Waals surface area contributed by atoms with Crippen molar-refractivity contribution in [2.24, 2.45) is 11.8 Å². The van der Waals surface area contributed by atoms with Crippen molar-refractivity contribution in [1.82, 2.24) is 10.3 Å². The molecule has 2 saturated heterocycles. The van der Waals surface area contributed by atoms with Gasteiger partial charge in [0.1, 0.15) is 0 Å². The molecule has 0 radical (unpaired) electrons. The topological polar surface area (TPSA) is 41.3 Å². The van der Waals surface area contributed by atoms with Gasteiger partial charge in [-0.1, -0.05) is 13.8 Å². The molecule has 14 heavy (non-hydrogen) atoms. The van der Waals surface area contributed by atoms with Crippen molar-refractivity contribution in [1.29, 1.82) is 0 Å². The van der Waals surface area contributed by atoms with Crippen molar-refractivity contribution in [2.75, 3.05) is 6.54 Å². The van der Waals surface area contributed by atoms with Gasteiger partial charge in [0.2, 0.25) is 0 Å². The number of nitrogens with two attached hydrogens (primary N) is 1. The van der Waals surface area contributed by atoms with Crippen LogP contribution in [0, 0.1) is 5.92 Å². The zero-order chi connectivity index (χ0) is 10.1. The third-order valence-corrected chi connectivity index (χ3v) is 3.70. The number of rotatable bonds is 3. The van der Waals surface area contributed by atoms with E-state index < -0.39 is 0 Å². The van der Waals surface area contributed by atoms with E-state index in [0.717, 1.165) is 18.0 Å². The highest BCUT2D eigenvalue weighted by Gasteiger charge is 2.40. The highest BCUT2D eigenvalue weighted by Crippen LogP contribution is 2.35. The summed E-state index contributed by atoms with van der Waals surface area (Å²) < 4.78 is 0. The molecule has 2 rings (SSSR count). The molecule has 3 N–H and O–H groups in total. The maximum Gasteiger partial charge on any atom is 0.0240 e. The van der Waals surface area contributed by atoms with Crippen LogP contribution in [0.3, 0.4) is 0 Å². The van der Waals surface area contributed by atoms with Crippen LogP contribution in [0.25, 0.3) is 0 Å². The second-order valence-corrected chi connectivity index (χ2v) is 5.31. The molecule has 0 amide bonds. The van der Waals surface area contributed by atoms with Gasteiger partial charge in [-0.2, -0.15) is 0 Å². The highest BCUT2D eigenvalue weighted by atomic mass is 15.3. The Morgan fingerprint density at radius 3 is 2.29 bits per heavy atom. The first kappa shape index (κ1) is 10.4. The van der Waals surface area contributed by atoms with Crippen LogP contribution >= 0.6 is 0 Å². The van der Waals surface area contributed by atoms with E-state index in [-0.39, 0.29) is 0 Å². The number of nitrogens with one attached hydrogen (secondary N) is 1. The number of fused-ring (bicyclic) bond motifs is 2. The molecule has 3 heteroatoms. The maximum atomic E-state index is 5.53. The van der Waals surface area contributed by atoms with Gasteiger partial charge in [-0.3, -0.25) is 16.2 Å². The predicted molar refractivity (Wildman–Crippen MR) is 58.7 cm³/mol. The van der Waals surface area contributed by atoms with Crippen molar-refractivity contribution in [2.45, 2.75) is 57.7 Å². The van der Waals surface area contributed by atoms with Gasteiger partial charge in [0.15, 0.2) is 0 Å². The first-order chi connectivity index (χ1) is 6.70. The quantitative estimate of drug-likeness (QED) is 0.526. The summed E-state index contributed by atoms with van der Waals surface area (Å²) >= 11 is 0. The van der Waals surface area contributed by atoms with Gasteiger partial charge in [0.25, 0.3) is 0 Å². The smallest absolute Gasteiger partial charge is 0.0240 e. The molecular formula is C11H23N3. The Hall–Kier alpha value is -0.120. The third-order valence-electron chi connectivity index (χ3n) is 3.70. The van der Waals surface area contributed by atoms with Crippen molar-refractivity contribution >= 4 is 0 Å². The van der Waals surface area contributed by atoms with E-state index in [1.165, 1.54) is 32.2 Å². The molecule has 2 fully saturated rings. The second kappa shape index (κ2) is 4.17. The number of nitrogens with zero attached hydrogens (tertiary/aromatic N) is 1. The van der Waals surface area contributed by atoms with Crippen LogP contribution in [0.5, 0.6) is 0 Å². The van der Waals surface area contributed by atoms with Gasteiger partial charge in [-0.25, -0.2) is 0 Å². The summed E-state index contributed by atoms with van der Waals surface area (Å²) in [4.78, 5) is 2.72. The van der Waals surface area contributed by atoms with E-state index in [0.29, 0.717) is 6.04 Å². The lowest BCUT2D eigenvalue weighted by Gasteiger charge is -2.39. The SMILES string of the molecule is CC(C)CN1C2CCC1CC(NN)C2. The van der Waals surface area contributed by atoms with Gasteiger partial charge in [0, 0.05) is 24.7 Å². The fraction of sp³-hybridized carbons (Fsp3) is 1.00. The molecule has 0 aliphatic carbocycles. The van der Waals surface area contributed by atoms with Crippen molar-refractivity contribution in [3.63, 3.8) is 0 Å². The Kier molecular flexibility index (Phi) is 3.10. The number of hydrogen-bond acceptors (Lipinski definition) is 3. The largest absolute Gasteiger partial charge is 0.297 e. The minimum Gasteiger partial charge on any atom is -0.297 e. The number of piperidine rings is 1. The van der Waals surface area contributed by atoms with Gasteiger partial charge in [-0.15, -0.1) is 0 Å². The van der Waals surface area contributed by atoms with E-state index >= 15 is 0 Å². The highest BCUT2D eigenvalue weighted by molar-refractivity contribution is 4.97. The van der Waals surface area contributed by atoms with Gasteiger partial charge in [-0.05, 0) is 31.6 Å². The Morgan fingerprint density at radius 2 is 1.86 bits per heavy atom. The second-order valence-electron chi connectivity index (χ2n) is 5.31. The summed E-state index contributed by atoms with van der Waals surface area (Å²) in [6.45, 7) is 5.89. The van der Waals surface area contributed by atoms with E-state index in [4.69, 9.17) is 5.84 Å². The monoisotopic (exact) mass is 197 g/mol. The summed E-state index contributed by atoms with van der Waals surface area (Å²) in [5.74, 6) is 6.33. The predicted octanol–water partition coefficient (Wildman–Crippen LogP) is 1.10. The average molecular weight is 197 g/mol. The minimum atomic E-state index is 0.566. The molecule has 0 aromatic heterocycles. The number of hydrogen-bond donors (Lipinski definition) is 2. The summed E-state index contributed by atoms with van der Waals surface area (Å²) in [7, 11) is 0. The van der Waals surface area contributed by atoms with Gasteiger partial charge in [0.05, 0.1) is 0 Å². The van der Waals surface area contributed by atoms with Crippen LogP contribution < -0.4 is 11.3 Å². The summed E-state index contributed by atoms with van der Waals surface area (Å²) in [6, 6.07) is 2.17. The number of hydrazine groups is 1. The fourth-order valence-electron chi connectivity index (χ4n) is 3.13. The molecule has 2 unspecified atom stereocenters. The van der Waals surface area contributed by atoms with Crippen LogP contribution in [0.4, 0.5) is 0 Å². The van der Waals surface area contributed by atoms with Crippen molar-refractivity contribution < 1.29 is 0 Å². The Morgan fingerprint density at radius 1 is 1.29 bits per heavy atom. The summed E-state index contributed by atoms with van der Waals surface area (Å²) in [6.07, 6.45) is 5.27. The normalized spacial score (nSPS) is 38.1. The summed E-state index contributed by atoms with van der Waals surface area (Å²) in [5, 5.41) is 0. The van der Waals surface area contributed by atoms with E-state index in [1.807, 2.05) is 0 Å². The molecule has 2 aliphatic heterocycles. The molecule has 2 aliphatic rings. The van der Waals surface area contributed by atoms with Crippen LogP contribution in [0.2, 0.25) is 0 Å². The molecule has 2 heterocycles. The maximum absolute atomic E-state index is 5.53. The molecule has 2 bridgehead atoms. The molecule has 2 atom stereocenters. The molecule has 0 saturated carbocycles. The first-order valence-electron chi connectivity index (χ1n) is 5.92. The van der Waals surface area contributed by atoms with Crippen LogP contribution in [-0.2, 0) is 0 Å². The summed E-state index contributed by atoms with van der Waals surface area (Å²) in [5.41, 5.74) is 2.95. The Labute approximate surface area is 87.0 Å². The lowest BCUT2D eigenvalue weighted by Crippen LogP contribution is -2.51. The van der Waals surface area contributed by atoms with E-state index in [2.05, 4.69) is 24.2 Å². The van der Waals surface area contributed by atoms with Gasteiger partial charge >= 0.3 is 0 Å². The molecule has 0 spiro atoms. The van der Waals surface area contributed by atoms with Gasteiger partial charge < -0.3 is 0 Å². The standard InChI is InChI=1S/C11H23N3/c1-8(2)7-14-10-3-4-11(14)6-9(5-10)13-12/h8-11,13H,3-7,12H2,1-2H3. The molecule has 82 valence electrons. The average Bonchev–Trinajstić information content (AvgIpc) is 2.38. The molecule has 0 aromatic rings. The minimum absolute atomic E-state index is 0.566. The lowest BCUT2D eigenvalue weighted by molar-refractivity contribution is 0.103. The van der Waals surface area contributed by atoms with E-state index in [9.17, 15) is 0 Å². The van der Waals surface area contributed by atoms with E-state index in [1.54, 1.807) is 0 Å². The molecule has 0 aromatic carbocycles. The molecule has 3 nitrogen and oxygen atoms in total. The fourth-order valence-corrected chi connectivity index (χ4v) is 3.13. The zero-order valence-corrected chi connectivity index (χ0v) is 9.37. The van der Waals surface area contributed by atoms with Crippen molar-refractivity contribution in [3.8, 4) is 0 Å². The first-order valence-corrected chi connectivity index (χ1v) is 5.92. The Bertz CT molecular complexity index is 179. The van der Waals surface area contributed by atoms with Crippen LogP contribution in [0.15, 0.2) is 0 Å². The third kappa shape index (κ3) is 1.95. The molecular weight excluding hydrogens is 174 g/mol. The zero-order valence-electron chi connectivity index (χ0n) is 9.37. The van der Waals surface area contributed by atoms with Crippen LogP contribution in [-0.4, -0.2) is 29.6 Å². The van der Waals surface area contributed by atoms with Crippen LogP contribution in [0.1, 0.15) is 39.5 Å². The van der Waals surface area contributed by atoms with Crippen molar-refractivity contribution in [3.05, 3.63) is 0 Å². The lowest BCUT2D eigenvalue weighted by atomic mass is 9.97. The Balaban J connectivity index is 1.96.